The van der Waals surface area contributed by atoms with Crippen molar-refractivity contribution in [1.29, 1.82) is 0 Å². The molecule has 3 N–H and O–H groups in total. The summed E-state index contributed by atoms with van der Waals surface area (Å²) in [7, 11) is -4.77. The van der Waals surface area contributed by atoms with Crippen LogP contribution in [0.15, 0.2) is 59.5 Å². The Balaban J connectivity index is 1.70. The molecule has 0 radical (unpaired) electrons. The second-order valence-corrected chi connectivity index (χ2v) is 13.1. The topological polar surface area (TPSA) is 132 Å². The number of nitrogens with zero attached hydrogens (tertiary/aromatic N) is 1. The maximum absolute atomic E-state index is 15.0. The molecule has 2 atom stereocenters. The van der Waals surface area contributed by atoms with E-state index in [9.17, 15) is 68.4 Å². The third-order valence-electron chi connectivity index (χ3n) is 8.51. The minimum atomic E-state index is -6.44. The highest BCUT2D eigenvalue weighted by molar-refractivity contribution is 7.92. The van der Waals surface area contributed by atoms with Crippen LogP contribution in [0.25, 0.3) is 0 Å². The van der Waals surface area contributed by atoms with Crippen LogP contribution in [0.3, 0.4) is 0 Å². The lowest BCUT2D eigenvalue weighted by atomic mass is 9.76. The van der Waals surface area contributed by atoms with E-state index in [1.54, 1.807) is 0 Å². The fourth-order valence-corrected chi connectivity index (χ4v) is 8.74. The first kappa shape index (κ1) is 33.0. The number of sulfone groups is 1. The van der Waals surface area contributed by atoms with Gasteiger partial charge in [-0.2, -0.15) is 26.3 Å². The van der Waals surface area contributed by atoms with Crippen LogP contribution in [-0.2, 0) is 26.7 Å². The number of carbonyl (C=O) groups excluding carboxylic acids is 1. The fraction of sp³-hybridized carbons (Fsp3) is 0.310. The number of carboxylic acid groups (broad SMARTS) is 1. The number of carbonyl (C=O) groups is 2. The number of hydrogen-bond acceptors (Lipinski definition) is 6. The van der Waals surface area contributed by atoms with Crippen molar-refractivity contribution in [3.8, 4) is 11.5 Å². The molecule has 0 bridgehead atoms. The van der Waals surface area contributed by atoms with Gasteiger partial charge in [0.2, 0.25) is 0 Å². The van der Waals surface area contributed by atoms with Crippen molar-refractivity contribution in [2.75, 3.05) is 6.54 Å². The first-order valence-corrected chi connectivity index (χ1v) is 14.7. The van der Waals surface area contributed by atoms with Gasteiger partial charge >= 0.3 is 24.0 Å². The standard InChI is InChI=1S/C29H21F8NO7S/c30-16-3-5-17(6-4-16)46(44,45)26-9-10-38(24(41)18-12-22(40)19(25(42)43)13-21(18)39)23(26)8-1-14-11-15(2-7-20(14)26)27(31,28(32,33)34)29(35,36)37/h2-7,11-13,23,39-40H,1,8-10H2,(H,42,43)/t23-,26-/m1/s1. The summed E-state index contributed by atoms with van der Waals surface area (Å²) in [6.07, 6.45) is -14.2. The predicted molar refractivity (Wildman–Crippen MR) is 141 cm³/mol. The Labute approximate surface area is 254 Å². The fourth-order valence-electron chi connectivity index (χ4n) is 6.37. The molecule has 1 fully saturated rings. The molecular formula is C29H21F8NO7S. The number of halogens is 8. The molecule has 1 saturated heterocycles. The van der Waals surface area contributed by atoms with E-state index in [0.717, 1.165) is 29.2 Å². The third-order valence-corrected chi connectivity index (χ3v) is 11.1. The molecule has 3 aromatic rings. The monoisotopic (exact) mass is 679 g/mol. The number of carboxylic acids is 1. The average Bonchev–Trinajstić information content (AvgIpc) is 3.37. The molecular weight excluding hydrogens is 658 g/mol. The third kappa shape index (κ3) is 4.65. The molecule has 1 aliphatic heterocycles. The van der Waals surface area contributed by atoms with Crippen molar-refractivity contribution < 1.29 is 68.4 Å². The minimum absolute atomic E-state index is 0.184. The van der Waals surface area contributed by atoms with Crippen molar-refractivity contribution in [1.82, 2.24) is 4.90 Å². The second-order valence-electron chi connectivity index (χ2n) is 10.9. The van der Waals surface area contributed by atoms with Crippen molar-refractivity contribution >= 4 is 21.7 Å². The van der Waals surface area contributed by atoms with E-state index in [1.165, 1.54) is 0 Å². The van der Waals surface area contributed by atoms with Crippen LogP contribution in [-0.4, -0.2) is 65.5 Å². The number of benzene rings is 3. The molecule has 3 aromatic carbocycles. The van der Waals surface area contributed by atoms with Gasteiger partial charge in [-0.3, -0.25) is 4.79 Å². The largest absolute Gasteiger partial charge is 0.507 e. The number of phenols is 2. The molecule has 246 valence electrons. The van der Waals surface area contributed by atoms with Crippen LogP contribution in [0, 0.1) is 5.82 Å². The van der Waals surface area contributed by atoms with Gasteiger partial charge in [0.05, 0.1) is 16.5 Å². The van der Waals surface area contributed by atoms with E-state index in [4.69, 9.17) is 0 Å². The summed E-state index contributed by atoms with van der Waals surface area (Å²) >= 11 is 0. The number of alkyl halides is 7. The van der Waals surface area contributed by atoms with Crippen molar-refractivity contribution in [3.05, 3.63) is 88.2 Å². The number of likely N-dealkylation sites (tertiary alicyclic amines) is 1. The van der Waals surface area contributed by atoms with E-state index in [2.05, 4.69) is 0 Å². The number of rotatable bonds is 5. The Bertz CT molecular complexity index is 1840. The molecule has 0 aromatic heterocycles. The Hall–Kier alpha value is -4.41. The summed E-state index contributed by atoms with van der Waals surface area (Å²) in [5.41, 5.74) is -9.69. The smallest absolute Gasteiger partial charge is 0.435 e. The van der Waals surface area contributed by atoms with Gasteiger partial charge < -0.3 is 20.2 Å². The Morgan fingerprint density at radius 3 is 1.98 bits per heavy atom. The Morgan fingerprint density at radius 2 is 1.41 bits per heavy atom. The summed E-state index contributed by atoms with van der Waals surface area (Å²) in [6, 6.07) is 4.35. The SMILES string of the molecule is O=C(O)c1cc(O)c(C(=O)N2CC[C@@]3(S(=O)(=O)c4ccc(F)cc4)c4ccc(C(F)(C(F)(F)F)C(F)(F)F)cc4CC[C@@H]23)cc1O. The lowest BCUT2D eigenvalue weighted by Gasteiger charge is -2.43. The molecule has 1 heterocycles. The number of amides is 1. The maximum Gasteiger partial charge on any atom is 0.435 e. The van der Waals surface area contributed by atoms with Gasteiger partial charge in [-0.25, -0.2) is 22.0 Å². The van der Waals surface area contributed by atoms with Crippen LogP contribution in [0.4, 0.5) is 35.1 Å². The Morgan fingerprint density at radius 1 is 0.848 bits per heavy atom. The van der Waals surface area contributed by atoms with Gasteiger partial charge in [0.1, 0.15) is 27.6 Å². The maximum atomic E-state index is 15.0. The number of hydrogen-bond donors (Lipinski definition) is 3. The van der Waals surface area contributed by atoms with E-state index >= 15 is 0 Å². The number of aromatic hydroxyl groups is 2. The molecule has 0 spiro atoms. The Kier molecular flexibility index (Phi) is 7.57. The first-order chi connectivity index (χ1) is 21.2. The number of aryl methyl sites for hydroxylation is 1. The van der Waals surface area contributed by atoms with Crippen molar-refractivity contribution in [2.24, 2.45) is 0 Å². The lowest BCUT2D eigenvalue weighted by molar-refractivity contribution is -0.348. The predicted octanol–water partition coefficient (Wildman–Crippen LogP) is 5.75. The molecule has 5 rings (SSSR count). The summed E-state index contributed by atoms with van der Waals surface area (Å²) in [4.78, 5) is 25.5. The number of fused-ring (bicyclic) bond motifs is 3. The zero-order chi connectivity index (χ0) is 34.2. The van der Waals surface area contributed by atoms with Crippen LogP contribution in [0.5, 0.6) is 11.5 Å². The minimum Gasteiger partial charge on any atom is -0.507 e. The molecule has 46 heavy (non-hydrogen) atoms. The highest BCUT2D eigenvalue weighted by Gasteiger charge is 2.74. The van der Waals surface area contributed by atoms with E-state index in [-0.39, 0.29) is 23.6 Å². The quantitative estimate of drug-likeness (QED) is 0.178. The second kappa shape index (κ2) is 10.6. The van der Waals surface area contributed by atoms with Crippen LogP contribution in [0.1, 0.15) is 50.2 Å². The lowest BCUT2D eigenvalue weighted by Crippen LogP contribution is -2.53. The van der Waals surface area contributed by atoms with Crippen LogP contribution < -0.4 is 0 Å². The zero-order valence-electron chi connectivity index (χ0n) is 23.0. The van der Waals surface area contributed by atoms with E-state index in [0.29, 0.717) is 24.3 Å². The molecule has 8 nitrogen and oxygen atoms in total. The highest BCUT2D eigenvalue weighted by Crippen LogP contribution is 2.57. The van der Waals surface area contributed by atoms with Gasteiger partial charge in [-0.1, -0.05) is 18.2 Å². The number of phenolic OH excluding ortho intramolecular Hbond substituents is 1. The molecule has 0 unspecified atom stereocenters. The van der Waals surface area contributed by atoms with Crippen LogP contribution in [0.2, 0.25) is 0 Å². The number of aromatic carboxylic acids is 1. The molecule has 17 heteroatoms. The van der Waals surface area contributed by atoms with Gasteiger partial charge in [-0.15, -0.1) is 0 Å². The van der Waals surface area contributed by atoms with Gasteiger partial charge in [0.15, 0.2) is 9.84 Å². The zero-order valence-corrected chi connectivity index (χ0v) is 23.8. The molecule has 0 saturated carbocycles. The summed E-state index contributed by atoms with van der Waals surface area (Å²) < 4.78 is 136. The normalized spacial score (nSPS) is 20.3. The van der Waals surface area contributed by atoms with Crippen molar-refractivity contribution in [3.63, 3.8) is 0 Å². The first-order valence-electron chi connectivity index (χ1n) is 13.2. The van der Waals surface area contributed by atoms with Gasteiger partial charge in [-0.05, 0) is 66.8 Å². The molecule has 1 aliphatic carbocycles. The summed E-state index contributed by atoms with van der Waals surface area (Å²) in [5.74, 6) is -5.36. The average molecular weight is 680 g/mol. The van der Waals surface area contributed by atoms with Crippen molar-refractivity contribution in [2.45, 2.75) is 53.0 Å². The summed E-state index contributed by atoms with van der Waals surface area (Å²) in [6.45, 7) is -0.413. The van der Waals surface area contributed by atoms with E-state index < -0.39 is 109 Å². The van der Waals surface area contributed by atoms with Gasteiger partial charge in [0.25, 0.3) is 5.91 Å². The van der Waals surface area contributed by atoms with E-state index in [1.807, 2.05) is 0 Å². The van der Waals surface area contributed by atoms with Gasteiger partial charge in [0, 0.05) is 12.1 Å². The highest BCUT2D eigenvalue weighted by atomic mass is 32.2. The van der Waals surface area contributed by atoms with Crippen LogP contribution >= 0.6 is 0 Å². The molecule has 1 amide bonds. The summed E-state index contributed by atoms with van der Waals surface area (Å²) in [5, 5.41) is 29.7. The molecule has 2 aliphatic rings.